The molecule has 0 aliphatic rings. The molecule has 5 nitrogen and oxygen atoms in total. The van der Waals surface area contributed by atoms with E-state index in [2.05, 4.69) is 10.6 Å². The van der Waals surface area contributed by atoms with Gasteiger partial charge in [0.05, 0.1) is 0 Å². The number of amides is 2. The number of carbonyl (C=O) groups is 2. The molecule has 2 amide bonds. The number of carbonyl (C=O) groups excluding carboxylic acids is 2. The fraction of sp³-hybridized carbons (Fsp3) is 0.833. The van der Waals surface area contributed by atoms with E-state index >= 15 is 0 Å². The van der Waals surface area contributed by atoms with E-state index in [9.17, 15) is 9.59 Å². The summed E-state index contributed by atoms with van der Waals surface area (Å²) in [6, 6.07) is 0. The molecule has 0 aromatic heterocycles. The molecule has 2 N–H and O–H groups in total. The first-order valence-electron chi connectivity index (χ1n) is 6.50. The zero-order chi connectivity index (χ0) is 14.2. The predicted octanol–water partition coefficient (Wildman–Crippen LogP) is 0.849. The lowest BCUT2D eigenvalue weighted by molar-refractivity contribution is -0.121. The number of rotatable bonds is 6. The maximum absolute atomic E-state index is 11.4. The van der Waals surface area contributed by atoms with Crippen LogP contribution >= 0.6 is 0 Å². The van der Waals surface area contributed by atoms with Gasteiger partial charge in [0.15, 0.2) is 0 Å². The van der Waals surface area contributed by atoms with Crippen molar-refractivity contribution in [1.29, 1.82) is 0 Å². The van der Waals surface area contributed by atoms with Crippen LogP contribution in [0.5, 0.6) is 0 Å². The Morgan fingerprint density at radius 1 is 1.22 bits per heavy atom. The highest BCUT2D eigenvalue weighted by Crippen LogP contribution is 2.06. The van der Waals surface area contributed by atoms with E-state index in [0.717, 1.165) is 6.42 Å². The Kier molecular flexibility index (Phi) is 7.47. The van der Waals surface area contributed by atoms with Gasteiger partial charge in [0.1, 0.15) is 13.4 Å². The normalized spacial score (nSPS) is 12.7. The number of alkyl carbamates (subject to hydrolysis) is 1. The van der Waals surface area contributed by atoms with Crippen LogP contribution in [0.3, 0.4) is 0 Å². The molecule has 1 unspecified atom stereocenters. The molecule has 0 rings (SSSR count). The monoisotopic (exact) mass is 256 g/mol. The van der Waals surface area contributed by atoms with Gasteiger partial charge in [-0.2, -0.15) is 0 Å². The fourth-order valence-corrected chi connectivity index (χ4v) is 1.16. The van der Waals surface area contributed by atoms with Crippen molar-refractivity contribution in [2.75, 3.05) is 13.1 Å². The van der Waals surface area contributed by atoms with Crippen molar-refractivity contribution in [1.82, 2.24) is 10.6 Å². The third-order valence-corrected chi connectivity index (χ3v) is 2.38. The lowest BCUT2D eigenvalue weighted by Gasteiger charge is -2.19. The number of ether oxygens (including phenoxy) is 1. The third kappa shape index (κ3) is 8.90. The van der Waals surface area contributed by atoms with Crippen LogP contribution in [0, 0.1) is 0 Å². The van der Waals surface area contributed by atoms with Crippen LogP contribution in [0.1, 0.15) is 40.5 Å². The SMILES string of the molecule is BC(CC)C(=O)NCCCNC(=O)OC(C)(C)C. The van der Waals surface area contributed by atoms with E-state index in [4.69, 9.17) is 4.74 Å². The Labute approximate surface area is 110 Å². The van der Waals surface area contributed by atoms with Crippen LogP contribution < -0.4 is 10.6 Å². The molecule has 0 fully saturated rings. The Morgan fingerprint density at radius 2 is 1.78 bits per heavy atom. The number of hydrogen-bond acceptors (Lipinski definition) is 3. The minimum Gasteiger partial charge on any atom is -0.444 e. The first-order valence-corrected chi connectivity index (χ1v) is 6.50. The van der Waals surface area contributed by atoms with E-state index < -0.39 is 11.7 Å². The molecule has 0 saturated heterocycles. The Hall–Kier alpha value is -1.20. The minimum absolute atomic E-state index is 0.0452. The Morgan fingerprint density at radius 3 is 2.28 bits per heavy atom. The second-order valence-electron chi connectivity index (χ2n) is 5.38. The summed E-state index contributed by atoms with van der Waals surface area (Å²) >= 11 is 0. The minimum atomic E-state index is -0.477. The van der Waals surface area contributed by atoms with E-state index in [1.807, 2.05) is 35.5 Å². The topological polar surface area (TPSA) is 67.4 Å². The van der Waals surface area contributed by atoms with E-state index in [0.29, 0.717) is 19.5 Å². The van der Waals surface area contributed by atoms with Gasteiger partial charge in [-0.3, -0.25) is 4.79 Å². The molecule has 104 valence electrons. The van der Waals surface area contributed by atoms with E-state index in [1.165, 1.54) is 0 Å². The van der Waals surface area contributed by atoms with Crippen molar-refractivity contribution in [3.8, 4) is 0 Å². The van der Waals surface area contributed by atoms with Crippen LogP contribution in [0.25, 0.3) is 0 Å². The van der Waals surface area contributed by atoms with Gasteiger partial charge in [-0.1, -0.05) is 13.3 Å². The smallest absolute Gasteiger partial charge is 0.407 e. The highest BCUT2D eigenvalue weighted by Gasteiger charge is 2.15. The zero-order valence-electron chi connectivity index (χ0n) is 12.1. The molecule has 1 atom stereocenters. The average Bonchev–Trinajstić information content (AvgIpc) is 2.24. The first-order chi connectivity index (χ1) is 8.26. The molecule has 0 aromatic carbocycles. The van der Waals surface area contributed by atoms with Crippen molar-refractivity contribution < 1.29 is 14.3 Å². The van der Waals surface area contributed by atoms with E-state index in [1.54, 1.807) is 0 Å². The molecule has 18 heavy (non-hydrogen) atoms. The molecule has 0 heterocycles. The van der Waals surface area contributed by atoms with Gasteiger partial charge >= 0.3 is 6.09 Å². The average molecular weight is 256 g/mol. The van der Waals surface area contributed by atoms with Gasteiger partial charge in [-0.05, 0) is 27.2 Å². The molecule has 0 aliphatic carbocycles. The predicted molar refractivity (Wildman–Crippen MR) is 74.4 cm³/mol. The Balaban J connectivity index is 3.57. The van der Waals surface area contributed by atoms with Crippen molar-refractivity contribution in [2.24, 2.45) is 0 Å². The van der Waals surface area contributed by atoms with Gasteiger partial charge < -0.3 is 15.4 Å². The second kappa shape index (κ2) is 8.00. The summed E-state index contributed by atoms with van der Waals surface area (Å²) < 4.78 is 5.08. The molecule has 0 spiro atoms. The summed E-state index contributed by atoms with van der Waals surface area (Å²) in [6.45, 7) is 8.50. The van der Waals surface area contributed by atoms with Gasteiger partial charge in [0, 0.05) is 18.9 Å². The summed E-state index contributed by atoms with van der Waals surface area (Å²) in [5.41, 5.74) is -0.477. The Bertz CT molecular complexity index is 277. The molecule has 0 saturated carbocycles. The zero-order valence-corrected chi connectivity index (χ0v) is 12.1. The standard InChI is InChI=1S/C12H25BN2O3/c1-5-9(13)10(16)14-7-6-8-15-11(17)18-12(2,3)4/h9H,5-8,13H2,1-4H3,(H,14,16)(H,15,17). The van der Waals surface area contributed by atoms with Crippen LogP contribution in [0.4, 0.5) is 4.79 Å². The van der Waals surface area contributed by atoms with Crippen molar-refractivity contribution in [3.05, 3.63) is 0 Å². The molecule has 6 heteroatoms. The van der Waals surface area contributed by atoms with Crippen molar-refractivity contribution >= 4 is 19.8 Å². The summed E-state index contributed by atoms with van der Waals surface area (Å²) in [4.78, 5) is 22.7. The first kappa shape index (κ1) is 16.8. The maximum atomic E-state index is 11.4. The summed E-state index contributed by atoms with van der Waals surface area (Å²) in [7, 11) is 1.90. The molecule has 0 radical (unpaired) electrons. The van der Waals surface area contributed by atoms with Gasteiger partial charge in [0.2, 0.25) is 5.91 Å². The van der Waals surface area contributed by atoms with Crippen LogP contribution in [-0.4, -0.2) is 38.5 Å². The van der Waals surface area contributed by atoms with Crippen LogP contribution in [0.2, 0.25) is 5.82 Å². The second-order valence-corrected chi connectivity index (χ2v) is 5.38. The summed E-state index contributed by atoms with van der Waals surface area (Å²) in [6.07, 6.45) is 1.11. The summed E-state index contributed by atoms with van der Waals surface area (Å²) in [5.74, 6) is 0.110. The van der Waals surface area contributed by atoms with Gasteiger partial charge in [-0.25, -0.2) is 4.79 Å². The molecule has 0 aliphatic heterocycles. The van der Waals surface area contributed by atoms with E-state index in [-0.39, 0.29) is 11.7 Å². The van der Waals surface area contributed by atoms with Crippen LogP contribution in [-0.2, 0) is 9.53 Å². The molecular formula is C12H25BN2O3. The lowest BCUT2D eigenvalue weighted by atomic mass is 9.84. The highest BCUT2D eigenvalue weighted by atomic mass is 16.6. The fourth-order valence-electron chi connectivity index (χ4n) is 1.16. The summed E-state index contributed by atoms with van der Waals surface area (Å²) in [5, 5.41) is 5.47. The molecular weight excluding hydrogens is 231 g/mol. The van der Waals surface area contributed by atoms with Crippen molar-refractivity contribution in [3.63, 3.8) is 0 Å². The number of nitrogens with one attached hydrogen (secondary N) is 2. The molecule has 0 bridgehead atoms. The van der Waals surface area contributed by atoms with Gasteiger partial charge in [0.25, 0.3) is 0 Å². The maximum Gasteiger partial charge on any atom is 0.407 e. The van der Waals surface area contributed by atoms with Crippen molar-refractivity contribution in [2.45, 2.75) is 52.0 Å². The largest absolute Gasteiger partial charge is 0.444 e. The number of hydrogen-bond donors (Lipinski definition) is 2. The van der Waals surface area contributed by atoms with Crippen LogP contribution in [0.15, 0.2) is 0 Å². The third-order valence-electron chi connectivity index (χ3n) is 2.38. The lowest BCUT2D eigenvalue weighted by Crippen LogP contribution is -2.35. The molecule has 0 aromatic rings. The highest BCUT2D eigenvalue weighted by molar-refractivity contribution is 6.23. The quantitative estimate of drug-likeness (QED) is 0.547. The van der Waals surface area contributed by atoms with Gasteiger partial charge in [-0.15, -0.1) is 0 Å².